The number of urea groups is 1. The van der Waals surface area contributed by atoms with Crippen LogP contribution in [0.25, 0.3) is 0 Å². The quantitative estimate of drug-likeness (QED) is 0.866. The minimum Gasteiger partial charge on any atom is -0.491 e. The molecular weight excluding hydrogens is 330 g/mol. The topological polar surface area (TPSA) is 99.9 Å². The number of hydrogen-bond donors (Lipinski definition) is 2. The normalized spacial score (nSPS) is 13.0. The molecule has 2 aromatic rings. The summed E-state index contributed by atoms with van der Waals surface area (Å²) >= 11 is 5.99. The van der Waals surface area contributed by atoms with Crippen molar-refractivity contribution in [2.75, 3.05) is 17.2 Å². The van der Waals surface area contributed by atoms with Crippen LogP contribution in [0, 0.1) is 17.2 Å². The van der Waals surface area contributed by atoms with E-state index in [4.69, 9.17) is 21.6 Å². The first kappa shape index (κ1) is 16.0. The number of rotatable bonds is 5. The van der Waals surface area contributed by atoms with Crippen LogP contribution in [0.15, 0.2) is 30.6 Å². The number of carbonyl (C=O) groups excluding carboxylic acids is 1. The predicted molar refractivity (Wildman–Crippen MR) is 89.1 cm³/mol. The Labute approximate surface area is 143 Å². The smallest absolute Gasteiger partial charge is 0.325 e. The van der Waals surface area contributed by atoms with Crippen LogP contribution in [0.4, 0.5) is 16.3 Å². The van der Waals surface area contributed by atoms with Gasteiger partial charge in [0.2, 0.25) is 0 Å². The van der Waals surface area contributed by atoms with Crippen molar-refractivity contribution in [3.05, 3.63) is 41.3 Å². The molecule has 0 bridgehead atoms. The van der Waals surface area contributed by atoms with E-state index in [1.807, 2.05) is 6.07 Å². The maximum Gasteiger partial charge on any atom is 0.325 e. The average Bonchev–Trinajstić information content (AvgIpc) is 3.39. The van der Waals surface area contributed by atoms with E-state index in [1.165, 1.54) is 25.2 Å². The van der Waals surface area contributed by atoms with Crippen LogP contribution in [0.3, 0.4) is 0 Å². The van der Waals surface area contributed by atoms with Crippen molar-refractivity contribution in [1.29, 1.82) is 5.26 Å². The molecule has 1 aromatic carbocycles. The number of aromatic nitrogens is 2. The molecule has 0 spiro atoms. The molecule has 1 aliphatic rings. The fraction of sp³-hybridized carbons (Fsp3) is 0.250. The van der Waals surface area contributed by atoms with Crippen molar-refractivity contribution in [2.45, 2.75) is 12.8 Å². The van der Waals surface area contributed by atoms with E-state index < -0.39 is 6.03 Å². The van der Waals surface area contributed by atoms with Gasteiger partial charge in [0.15, 0.2) is 11.5 Å². The van der Waals surface area contributed by atoms with Crippen molar-refractivity contribution < 1.29 is 9.53 Å². The molecule has 2 amide bonds. The van der Waals surface area contributed by atoms with Gasteiger partial charge < -0.3 is 10.1 Å². The molecular formula is C16H14ClN5O2. The molecule has 0 atom stereocenters. The molecule has 122 valence electrons. The largest absolute Gasteiger partial charge is 0.491 e. The van der Waals surface area contributed by atoms with E-state index in [1.54, 1.807) is 18.2 Å². The lowest BCUT2D eigenvalue weighted by Crippen LogP contribution is -2.21. The van der Waals surface area contributed by atoms with Crippen LogP contribution in [0.5, 0.6) is 5.75 Å². The average molecular weight is 344 g/mol. The van der Waals surface area contributed by atoms with Crippen LogP contribution < -0.4 is 15.4 Å². The molecule has 1 aromatic heterocycles. The molecule has 1 heterocycles. The highest BCUT2D eigenvalue weighted by Gasteiger charge is 2.22. The van der Waals surface area contributed by atoms with Crippen molar-refractivity contribution in [2.24, 2.45) is 5.92 Å². The third-order valence-electron chi connectivity index (χ3n) is 3.37. The van der Waals surface area contributed by atoms with Gasteiger partial charge in [0.1, 0.15) is 11.8 Å². The Balaban J connectivity index is 1.65. The lowest BCUT2D eigenvalue weighted by Gasteiger charge is -2.13. The highest BCUT2D eigenvalue weighted by atomic mass is 35.5. The molecule has 1 aliphatic carbocycles. The van der Waals surface area contributed by atoms with E-state index in [0.717, 1.165) is 0 Å². The standard InChI is InChI=1S/C16H14ClN5O2/c17-11-3-4-14(24-9-10-1-2-10)13(5-11)21-16(23)22-15-8-19-12(6-18)7-20-15/h3-5,7-8,10H,1-2,9H2,(H2,20,21,22,23). The zero-order valence-corrected chi connectivity index (χ0v) is 13.4. The van der Waals surface area contributed by atoms with Gasteiger partial charge in [-0.3, -0.25) is 5.32 Å². The first-order valence-corrected chi connectivity index (χ1v) is 7.74. The summed E-state index contributed by atoms with van der Waals surface area (Å²) in [6.07, 6.45) is 4.93. The monoisotopic (exact) mass is 343 g/mol. The number of hydrogen-bond acceptors (Lipinski definition) is 5. The van der Waals surface area contributed by atoms with Gasteiger partial charge in [-0.25, -0.2) is 14.8 Å². The maximum atomic E-state index is 12.1. The summed E-state index contributed by atoms with van der Waals surface area (Å²) in [6.45, 7) is 0.624. The second-order valence-corrected chi connectivity index (χ2v) is 5.81. The van der Waals surface area contributed by atoms with Gasteiger partial charge in [-0.05, 0) is 37.0 Å². The molecule has 8 heteroatoms. The molecule has 0 unspecified atom stereocenters. The Kier molecular flexibility index (Phi) is 4.77. The van der Waals surface area contributed by atoms with E-state index in [9.17, 15) is 4.79 Å². The van der Waals surface area contributed by atoms with Crippen molar-refractivity contribution in [3.8, 4) is 11.8 Å². The van der Waals surface area contributed by atoms with E-state index in [2.05, 4.69) is 20.6 Å². The number of anilines is 2. The summed E-state index contributed by atoms with van der Waals surface area (Å²) in [5.74, 6) is 1.39. The molecule has 0 radical (unpaired) electrons. The SMILES string of the molecule is N#Cc1cnc(NC(=O)Nc2cc(Cl)ccc2OCC2CC2)cn1. The minimum atomic E-state index is -0.507. The number of nitrogens with one attached hydrogen (secondary N) is 2. The third kappa shape index (κ3) is 4.33. The molecule has 1 saturated carbocycles. The number of amides is 2. The number of benzene rings is 1. The van der Waals surface area contributed by atoms with Crippen molar-refractivity contribution in [3.63, 3.8) is 0 Å². The summed E-state index contributed by atoms with van der Waals surface area (Å²) in [7, 11) is 0. The molecule has 7 nitrogen and oxygen atoms in total. The molecule has 2 N–H and O–H groups in total. The van der Waals surface area contributed by atoms with Crippen LogP contribution in [-0.4, -0.2) is 22.6 Å². The lowest BCUT2D eigenvalue weighted by molar-refractivity contribution is 0.261. The van der Waals surface area contributed by atoms with E-state index >= 15 is 0 Å². The second kappa shape index (κ2) is 7.15. The lowest BCUT2D eigenvalue weighted by atomic mass is 10.3. The number of nitrogens with zero attached hydrogens (tertiary/aromatic N) is 3. The Morgan fingerprint density at radius 3 is 2.83 bits per heavy atom. The Morgan fingerprint density at radius 1 is 1.33 bits per heavy atom. The first-order valence-electron chi connectivity index (χ1n) is 7.36. The van der Waals surface area contributed by atoms with E-state index in [-0.39, 0.29) is 11.5 Å². The Hall–Kier alpha value is -2.85. The third-order valence-corrected chi connectivity index (χ3v) is 3.60. The summed E-state index contributed by atoms with van der Waals surface area (Å²) in [5.41, 5.74) is 0.647. The molecule has 24 heavy (non-hydrogen) atoms. The highest BCUT2D eigenvalue weighted by Crippen LogP contribution is 2.33. The number of carbonyl (C=O) groups is 1. The summed E-state index contributed by atoms with van der Waals surface area (Å²) in [4.78, 5) is 19.9. The maximum absolute atomic E-state index is 12.1. The van der Waals surface area contributed by atoms with Gasteiger partial charge in [0.05, 0.1) is 24.7 Å². The van der Waals surface area contributed by atoms with Crippen molar-refractivity contribution in [1.82, 2.24) is 9.97 Å². The van der Waals surface area contributed by atoms with Gasteiger partial charge in [0.25, 0.3) is 0 Å². The summed E-state index contributed by atoms with van der Waals surface area (Å²) in [5, 5.41) is 14.4. The second-order valence-electron chi connectivity index (χ2n) is 5.37. The van der Waals surface area contributed by atoms with Gasteiger partial charge in [-0.15, -0.1) is 0 Å². The van der Waals surface area contributed by atoms with Crippen LogP contribution in [-0.2, 0) is 0 Å². The van der Waals surface area contributed by atoms with Gasteiger partial charge in [-0.2, -0.15) is 5.26 Å². The van der Waals surface area contributed by atoms with Crippen LogP contribution in [0.2, 0.25) is 5.02 Å². The van der Waals surface area contributed by atoms with Gasteiger partial charge >= 0.3 is 6.03 Å². The predicted octanol–water partition coefficient (Wildman–Crippen LogP) is 3.43. The van der Waals surface area contributed by atoms with Crippen LogP contribution in [0.1, 0.15) is 18.5 Å². The Morgan fingerprint density at radius 2 is 2.17 bits per heavy atom. The number of halogens is 1. The number of nitriles is 1. The molecule has 3 rings (SSSR count). The molecule has 1 fully saturated rings. The fourth-order valence-electron chi connectivity index (χ4n) is 1.94. The summed E-state index contributed by atoms with van der Waals surface area (Å²) in [6, 6.07) is 6.40. The van der Waals surface area contributed by atoms with Gasteiger partial charge in [-0.1, -0.05) is 11.6 Å². The zero-order valence-electron chi connectivity index (χ0n) is 12.6. The summed E-state index contributed by atoms with van der Waals surface area (Å²) < 4.78 is 5.73. The fourth-order valence-corrected chi connectivity index (χ4v) is 2.11. The van der Waals surface area contributed by atoms with Crippen LogP contribution >= 0.6 is 11.6 Å². The van der Waals surface area contributed by atoms with Gasteiger partial charge in [0, 0.05) is 5.02 Å². The molecule has 0 saturated heterocycles. The zero-order chi connectivity index (χ0) is 16.9. The molecule has 0 aliphatic heterocycles. The highest BCUT2D eigenvalue weighted by molar-refractivity contribution is 6.31. The minimum absolute atomic E-state index is 0.173. The number of ether oxygens (including phenoxy) is 1. The van der Waals surface area contributed by atoms with E-state index in [0.29, 0.717) is 29.0 Å². The first-order chi connectivity index (χ1) is 11.6. The van der Waals surface area contributed by atoms with Crippen molar-refractivity contribution >= 4 is 29.1 Å². The Bertz CT molecular complexity index is 784.